The number of amides is 1. The molecule has 3 heteroatoms. The summed E-state index contributed by atoms with van der Waals surface area (Å²) in [7, 11) is 0. The summed E-state index contributed by atoms with van der Waals surface area (Å²) in [6.07, 6.45) is 7.12. The maximum absolute atomic E-state index is 12.8. The van der Waals surface area contributed by atoms with Crippen LogP contribution in [0.3, 0.4) is 0 Å². The molecular weight excluding hydrogens is 378 g/mol. The molecule has 2 nitrogen and oxygen atoms in total. The average Bonchev–Trinajstić information content (AvgIpc) is 2.76. The number of hydrogen-bond acceptors (Lipinski definition) is 1. The van der Waals surface area contributed by atoms with E-state index >= 15 is 0 Å². The first-order chi connectivity index (χ1) is 14.2. The Bertz CT molecular complexity index is 962. The molecule has 1 N–H and O–H groups in total. The summed E-state index contributed by atoms with van der Waals surface area (Å²) < 4.78 is 0. The van der Waals surface area contributed by atoms with Gasteiger partial charge in [-0.2, -0.15) is 0 Å². The van der Waals surface area contributed by atoms with Crippen molar-refractivity contribution in [2.24, 2.45) is 0 Å². The quantitative estimate of drug-likeness (QED) is 0.440. The van der Waals surface area contributed by atoms with Gasteiger partial charge in [0.1, 0.15) is 0 Å². The van der Waals surface area contributed by atoms with Crippen LogP contribution in [-0.4, -0.2) is 12.5 Å². The van der Waals surface area contributed by atoms with Crippen LogP contribution in [-0.2, 0) is 6.42 Å². The van der Waals surface area contributed by atoms with Crippen molar-refractivity contribution in [3.63, 3.8) is 0 Å². The van der Waals surface area contributed by atoms with E-state index < -0.39 is 0 Å². The Hall–Kier alpha value is -2.84. The highest BCUT2D eigenvalue weighted by Gasteiger charge is 2.13. The third-order valence-corrected chi connectivity index (χ3v) is 4.98. The van der Waals surface area contributed by atoms with E-state index in [-0.39, 0.29) is 5.91 Å². The fourth-order valence-corrected chi connectivity index (χ4v) is 3.31. The average molecular weight is 404 g/mol. The number of allylic oxidation sites excluding steroid dienone is 1. The van der Waals surface area contributed by atoms with E-state index in [0.29, 0.717) is 17.1 Å². The molecule has 0 fully saturated rings. The van der Waals surface area contributed by atoms with Gasteiger partial charge in [0.05, 0.1) is 0 Å². The molecule has 0 unspecified atom stereocenters. The first-order valence-corrected chi connectivity index (χ1v) is 10.4. The lowest BCUT2D eigenvalue weighted by atomic mass is 9.96. The maximum Gasteiger partial charge on any atom is 0.251 e. The second-order valence-corrected chi connectivity index (χ2v) is 7.43. The van der Waals surface area contributed by atoms with E-state index in [4.69, 9.17) is 11.6 Å². The number of aryl methyl sites for hydroxylation is 1. The van der Waals surface area contributed by atoms with Crippen LogP contribution in [0.15, 0.2) is 78.9 Å². The molecule has 0 bridgehead atoms. The Kier molecular flexibility index (Phi) is 7.66. The zero-order chi connectivity index (χ0) is 20.5. The first kappa shape index (κ1) is 20.9. The van der Waals surface area contributed by atoms with E-state index in [2.05, 4.69) is 47.8 Å². The van der Waals surface area contributed by atoms with Gasteiger partial charge in [0.25, 0.3) is 5.91 Å². The summed E-state index contributed by atoms with van der Waals surface area (Å²) in [5.41, 5.74) is 4.94. The van der Waals surface area contributed by atoms with Gasteiger partial charge in [-0.1, -0.05) is 85.3 Å². The summed E-state index contributed by atoms with van der Waals surface area (Å²) in [6, 6.07) is 24.1. The molecule has 0 radical (unpaired) electrons. The van der Waals surface area contributed by atoms with Gasteiger partial charge in [-0.3, -0.25) is 4.79 Å². The van der Waals surface area contributed by atoms with Crippen molar-refractivity contribution in [3.05, 3.63) is 101 Å². The van der Waals surface area contributed by atoms with Crippen LogP contribution in [0.25, 0.3) is 17.2 Å². The molecule has 0 heterocycles. The van der Waals surface area contributed by atoms with Gasteiger partial charge >= 0.3 is 0 Å². The molecule has 0 aliphatic heterocycles. The number of halogens is 1. The molecule has 3 aromatic carbocycles. The molecule has 0 atom stereocenters. The molecule has 29 heavy (non-hydrogen) atoms. The Balaban J connectivity index is 1.80. The van der Waals surface area contributed by atoms with Crippen molar-refractivity contribution in [2.75, 3.05) is 6.54 Å². The van der Waals surface area contributed by atoms with Crippen molar-refractivity contribution >= 4 is 23.6 Å². The van der Waals surface area contributed by atoms with Gasteiger partial charge < -0.3 is 5.32 Å². The highest BCUT2D eigenvalue weighted by molar-refractivity contribution is 6.30. The molecule has 148 valence electrons. The third kappa shape index (κ3) is 6.07. The highest BCUT2D eigenvalue weighted by atomic mass is 35.5. The van der Waals surface area contributed by atoms with Crippen LogP contribution in [0, 0.1) is 0 Å². The molecular formula is C26H26ClNO. The van der Waals surface area contributed by atoms with Crippen LogP contribution < -0.4 is 5.32 Å². The Morgan fingerprint density at radius 1 is 1.00 bits per heavy atom. The number of nitrogens with one attached hydrogen (secondary N) is 1. The van der Waals surface area contributed by atoms with Gasteiger partial charge in [-0.15, -0.1) is 0 Å². The molecule has 1 amide bonds. The number of benzene rings is 3. The van der Waals surface area contributed by atoms with Gasteiger partial charge in [0, 0.05) is 17.1 Å². The Labute approximate surface area is 178 Å². The lowest BCUT2D eigenvalue weighted by Gasteiger charge is -2.12. The van der Waals surface area contributed by atoms with E-state index in [9.17, 15) is 4.79 Å². The Morgan fingerprint density at radius 2 is 1.76 bits per heavy atom. The number of carbonyl (C=O) groups excluding carboxylic acids is 1. The molecule has 0 aliphatic rings. The monoisotopic (exact) mass is 403 g/mol. The summed E-state index contributed by atoms with van der Waals surface area (Å²) >= 11 is 6.02. The minimum atomic E-state index is -0.0451. The molecule has 0 saturated carbocycles. The van der Waals surface area contributed by atoms with Gasteiger partial charge in [-0.05, 0) is 59.7 Å². The lowest BCUT2D eigenvalue weighted by molar-refractivity contribution is 0.0954. The van der Waals surface area contributed by atoms with Crippen LogP contribution in [0.1, 0.15) is 41.3 Å². The fraction of sp³-hybridized carbons (Fsp3) is 0.192. The molecule has 3 aromatic rings. The van der Waals surface area contributed by atoms with Gasteiger partial charge in [-0.25, -0.2) is 0 Å². The fourth-order valence-electron chi connectivity index (χ4n) is 3.18. The standard InChI is InChI=1S/C26H26ClNO/c1-2-18-28-26(29)25-19-21(11-7-6-10-20-8-4-3-5-9-20)12-17-24(25)22-13-15-23(27)16-14-22/h3-5,7-9,11-17,19H,2,6,10,18H2,1H3,(H,28,29)/b11-7+. The van der Waals surface area contributed by atoms with E-state index in [1.807, 2.05) is 49.4 Å². The molecule has 0 saturated heterocycles. The second kappa shape index (κ2) is 10.6. The molecule has 0 aromatic heterocycles. The predicted molar refractivity (Wildman–Crippen MR) is 123 cm³/mol. The second-order valence-electron chi connectivity index (χ2n) is 6.99. The van der Waals surface area contributed by atoms with E-state index in [0.717, 1.165) is 36.0 Å². The van der Waals surface area contributed by atoms with Crippen LogP contribution in [0.5, 0.6) is 0 Å². The van der Waals surface area contributed by atoms with Gasteiger partial charge in [0.2, 0.25) is 0 Å². The predicted octanol–water partition coefficient (Wildman–Crippen LogP) is 6.79. The molecule has 0 spiro atoms. The van der Waals surface area contributed by atoms with Crippen LogP contribution in [0.4, 0.5) is 0 Å². The number of hydrogen-bond donors (Lipinski definition) is 1. The smallest absolute Gasteiger partial charge is 0.251 e. The largest absolute Gasteiger partial charge is 0.352 e. The van der Waals surface area contributed by atoms with Gasteiger partial charge in [0.15, 0.2) is 0 Å². The van der Waals surface area contributed by atoms with Crippen molar-refractivity contribution in [1.82, 2.24) is 5.32 Å². The van der Waals surface area contributed by atoms with Crippen molar-refractivity contribution < 1.29 is 4.79 Å². The van der Waals surface area contributed by atoms with Crippen LogP contribution in [0.2, 0.25) is 5.02 Å². The zero-order valence-electron chi connectivity index (χ0n) is 16.7. The SMILES string of the molecule is CCCNC(=O)c1cc(/C=C/CCc2ccccc2)ccc1-c1ccc(Cl)cc1. The summed E-state index contributed by atoms with van der Waals surface area (Å²) in [4.78, 5) is 12.8. The minimum absolute atomic E-state index is 0.0451. The highest BCUT2D eigenvalue weighted by Crippen LogP contribution is 2.27. The molecule has 3 rings (SSSR count). The zero-order valence-corrected chi connectivity index (χ0v) is 17.5. The summed E-state index contributed by atoms with van der Waals surface area (Å²) in [5, 5.41) is 3.68. The normalized spacial score (nSPS) is 11.0. The summed E-state index contributed by atoms with van der Waals surface area (Å²) in [5.74, 6) is -0.0451. The van der Waals surface area contributed by atoms with Crippen molar-refractivity contribution in [1.29, 1.82) is 0 Å². The molecule has 0 aliphatic carbocycles. The number of rotatable bonds is 8. The van der Waals surface area contributed by atoms with Crippen molar-refractivity contribution in [2.45, 2.75) is 26.2 Å². The van der Waals surface area contributed by atoms with Crippen LogP contribution >= 0.6 is 11.6 Å². The lowest BCUT2D eigenvalue weighted by Crippen LogP contribution is -2.24. The van der Waals surface area contributed by atoms with Crippen molar-refractivity contribution in [3.8, 4) is 11.1 Å². The van der Waals surface area contributed by atoms with E-state index in [1.54, 1.807) is 0 Å². The Morgan fingerprint density at radius 3 is 2.48 bits per heavy atom. The minimum Gasteiger partial charge on any atom is -0.352 e. The first-order valence-electron chi connectivity index (χ1n) is 10.1. The summed E-state index contributed by atoms with van der Waals surface area (Å²) in [6.45, 7) is 2.71. The number of carbonyl (C=O) groups is 1. The topological polar surface area (TPSA) is 29.1 Å². The van der Waals surface area contributed by atoms with E-state index in [1.165, 1.54) is 5.56 Å². The third-order valence-electron chi connectivity index (χ3n) is 4.73. The maximum atomic E-state index is 12.8.